The second-order valence-electron chi connectivity index (χ2n) is 3.49. The molecule has 0 bridgehead atoms. The lowest BCUT2D eigenvalue weighted by Gasteiger charge is -2.12. The van der Waals surface area contributed by atoms with Gasteiger partial charge in [-0.3, -0.25) is 4.68 Å². The molecule has 15 heavy (non-hydrogen) atoms. The number of aliphatic hydroxyl groups excluding tert-OH is 1. The summed E-state index contributed by atoms with van der Waals surface area (Å²) in [6.07, 6.45) is 2.90. The lowest BCUT2D eigenvalue weighted by molar-refractivity contribution is 0.0782. The van der Waals surface area contributed by atoms with E-state index in [1.54, 1.807) is 6.20 Å². The van der Waals surface area contributed by atoms with Crippen molar-refractivity contribution in [1.82, 2.24) is 9.78 Å². The lowest BCUT2D eigenvalue weighted by atomic mass is 10.2. The Hall–Kier alpha value is -0.870. The molecule has 1 aromatic rings. The maximum Gasteiger partial charge on any atom is 0.0978 e. The third-order valence-electron chi connectivity index (χ3n) is 2.27. The van der Waals surface area contributed by atoms with Crippen LogP contribution >= 0.6 is 0 Å². The predicted molar refractivity (Wildman–Crippen MR) is 58.6 cm³/mol. The van der Waals surface area contributed by atoms with Crippen molar-refractivity contribution in [3.05, 3.63) is 18.0 Å². The zero-order chi connectivity index (χ0) is 11.1. The quantitative estimate of drug-likeness (QED) is 0.700. The largest absolute Gasteiger partial charge is 0.387 e. The number of hydrogen-bond donors (Lipinski definition) is 1. The van der Waals surface area contributed by atoms with Gasteiger partial charge in [0, 0.05) is 32.4 Å². The zero-order valence-corrected chi connectivity index (χ0v) is 9.52. The van der Waals surface area contributed by atoms with E-state index in [1.807, 2.05) is 17.7 Å². The summed E-state index contributed by atoms with van der Waals surface area (Å²) in [5, 5.41) is 14.0. The minimum Gasteiger partial charge on any atom is -0.387 e. The summed E-state index contributed by atoms with van der Waals surface area (Å²) in [5.41, 5.74) is 0.873. The molecule has 0 aromatic carbocycles. The minimum atomic E-state index is -0.468. The highest BCUT2D eigenvalue weighted by atomic mass is 16.5. The van der Waals surface area contributed by atoms with Crippen molar-refractivity contribution in [2.45, 2.75) is 39.3 Å². The highest BCUT2D eigenvalue weighted by Crippen LogP contribution is 2.15. The molecule has 1 unspecified atom stereocenters. The number of aryl methyl sites for hydroxylation is 1. The standard InChI is InChI=1S/C11H20N2O2/c1-3-8-15-9-6-11(14)10-5-7-12-13(10)4-2/h5,7,11,14H,3-4,6,8-9H2,1-2H3. The molecule has 0 radical (unpaired) electrons. The first kappa shape index (κ1) is 12.2. The average Bonchev–Trinajstić information content (AvgIpc) is 2.72. The Labute approximate surface area is 90.9 Å². The van der Waals surface area contributed by atoms with E-state index in [0.717, 1.165) is 25.3 Å². The van der Waals surface area contributed by atoms with Gasteiger partial charge in [-0.05, 0) is 19.4 Å². The maximum atomic E-state index is 9.88. The fourth-order valence-electron chi connectivity index (χ4n) is 1.48. The maximum absolute atomic E-state index is 9.88. The van der Waals surface area contributed by atoms with E-state index >= 15 is 0 Å². The van der Waals surface area contributed by atoms with Crippen molar-refractivity contribution in [1.29, 1.82) is 0 Å². The van der Waals surface area contributed by atoms with Crippen molar-refractivity contribution in [2.24, 2.45) is 0 Å². The summed E-state index contributed by atoms with van der Waals surface area (Å²) < 4.78 is 7.15. The highest BCUT2D eigenvalue weighted by Gasteiger charge is 2.11. The first-order chi connectivity index (χ1) is 7.29. The predicted octanol–water partition coefficient (Wildman–Crippen LogP) is 1.75. The van der Waals surface area contributed by atoms with Crippen LogP contribution in [0, 0.1) is 0 Å². The molecule has 0 amide bonds. The molecule has 4 heteroatoms. The molecule has 1 rings (SSSR count). The molecule has 0 aliphatic rings. The van der Waals surface area contributed by atoms with E-state index in [-0.39, 0.29) is 0 Å². The highest BCUT2D eigenvalue weighted by molar-refractivity contribution is 5.04. The summed E-state index contributed by atoms with van der Waals surface area (Å²) >= 11 is 0. The molecule has 1 aromatic heterocycles. The van der Waals surface area contributed by atoms with Crippen molar-refractivity contribution >= 4 is 0 Å². The smallest absolute Gasteiger partial charge is 0.0978 e. The molecule has 0 saturated heterocycles. The van der Waals surface area contributed by atoms with Crippen LogP contribution in [-0.2, 0) is 11.3 Å². The molecular weight excluding hydrogens is 192 g/mol. The van der Waals surface area contributed by atoms with Crippen molar-refractivity contribution < 1.29 is 9.84 Å². The van der Waals surface area contributed by atoms with Gasteiger partial charge in [0.1, 0.15) is 0 Å². The van der Waals surface area contributed by atoms with Crippen LogP contribution in [0.3, 0.4) is 0 Å². The van der Waals surface area contributed by atoms with Crippen LogP contribution in [0.4, 0.5) is 0 Å². The molecule has 0 fully saturated rings. The van der Waals surface area contributed by atoms with Gasteiger partial charge in [0.15, 0.2) is 0 Å². The van der Waals surface area contributed by atoms with Gasteiger partial charge in [-0.1, -0.05) is 6.92 Å². The van der Waals surface area contributed by atoms with E-state index in [9.17, 15) is 5.11 Å². The first-order valence-corrected chi connectivity index (χ1v) is 5.57. The van der Waals surface area contributed by atoms with E-state index in [4.69, 9.17) is 4.74 Å². The van der Waals surface area contributed by atoms with Crippen molar-refractivity contribution in [3.8, 4) is 0 Å². The van der Waals surface area contributed by atoms with Crippen LogP contribution in [0.2, 0.25) is 0 Å². The SMILES string of the molecule is CCCOCCC(O)c1ccnn1CC. The van der Waals surface area contributed by atoms with Gasteiger partial charge in [0.05, 0.1) is 11.8 Å². The monoisotopic (exact) mass is 212 g/mol. The second-order valence-corrected chi connectivity index (χ2v) is 3.49. The molecular formula is C11H20N2O2. The van der Waals surface area contributed by atoms with Crippen LogP contribution in [0.1, 0.15) is 38.5 Å². The molecule has 0 aliphatic carbocycles. The van der Waals surface area contributed by atoms with Crippen LogP contribution in [0.5, 0.6) is 0 Å². The first-order valence-electron chi connectivity index (χ1n) is 5.57. The van der Waals surface area contributed by atoms with Gasteiger partial charge in [0.25, 0.3) is 0 Å². The molecule has 1 N–H and O–H groups in total. The summed E-state index contributed by atoms with van der Waals surface area (Å²) in [6, 6.07) is 1.86. The third kappa shape index (κ3) is 3.64. The third-order valence-corrected chi connectivity index (χ3v) is 2.27. The van der Waals surface area contributed by atoms with Crippen LogP contribution in [-0.4, -0.2) is 28.1 Å². The van der Waals surface area contributed by atoms with Gasteiger partial charge in [0.2, 0.25) is 0 Å². The van der Waals surface area contributed by atoms with E-state index < -0.39 is 6.10 Å². The number of rotatable bonds is 7. The molecule has 0 spiro atoms. The number of hydrogen-bond acceptors (Lipinski definition) is 3. The molecule has 0 saturated carbocycles. The summed E-state index contributed by atoms with van der Waals surface area (Å²) in [4.78, 5) is 0. The van der Waals surface area contributed by atoms with Gasteiger partial charge in [-0.2, -0.15) is 5.10 Å². The average molecular weight is 212 g/mol. The number of ether oxygens (including phenoxy) is 1. The van der Waals surface area contributed by atoms with Gasteiger partial charge in [-0.15, -0.1) is 0 Å². The number of nitrogens with zero attached hydrogens (tertiary/aromatic N) is 2. The molecule has 4 nitrogen and oxygen atoms in total. The Morgan fingerprint density at radius 3 is 2.93 bits per heavy atom. The Morgan fingerprint density at radius 1 is 1.47 bits per heavy atom. The fourth-order valence-corrected chi connectivity index (χ4v) is 1.48. The van der Waals surface area contributed by atoms with Crippen molar-refractivity contribution in [3.63, 3.8) is 0 Å². The second kappa shape index (κ2) is 6.58. The summed E-state index contributed by atoms with van der Waals surface area (Å²) in [5.74, 6) is 0. The normalized spacial score (nSPS) is 13.0. The van der Waals surface area contributed by atoms with E-state index in [2.05, 4.69) is 12.0 Å². The van der Waals surface area contributed by atoms with Crippen molar-refractivity contribution in [2.75, 3.05) is 13.2 Å². The van der Waals surface area contributed by atoms with Gasteiger partial charge >= 0.3 is 0 Å². The van der Waals surface area contributed by atoms with E-state index in [0.29, 0.717) is 13.0 Å². The summed E-state index contributed by atoms with van der Waals surface area (Å²) in [6.45, 7) is 6.23. The number of aromatic nitrogens is 2. The van der Waals surface area contributed by atoms with Crippen LogP contribution in [0.25, 0.3) is 0 Å². The Balaban J connectivity index is 2.36. The molecule has 1 heterocycles. The Kier molecular flexibility index (Phi) is 5.36. The zero-order valence-electron chi connectivity index (χ0n) is 9.52. The molecule has 0 aliphatic heterocycles. The van der Waals surface area contributed by atoms with Crippen LogP contribution in [0.15, 0.2) is 12.3 Å². The van der Waals surface area contributed by atoms with E-state index in [1.165, 1.54) is 0 Å². The Morgan fingerprint density at radius 2 is 2.27 bits per heavy atom. The minimum absolute atomic E-state index is 0.468. The Bertz CT molecular complexity index is 273. The topological polar surface area (TPSA) is 47.3 Å². The summed E-state index contributed by atoms with van der Waals surface area (Å²) in [7, 11) is 0. The fraction of sp³-hybridized carbons (Fsp3) is 0.727. The van der Waals surface area contributed by atoms with Gasteiger partial charge in [-0.25, -0.2) is 0 Å². The van der Waals surface area contributed by atoms with Gasteiger partial charge < -0.3 is 9.84 Å². The number of aliphatic hydroxyl groups is 1. The lowest BCUT2D eigenvalue weighted by Crippen LogP contribution is -2.10. The molecule has 1 atom stereocenters. The van der Waals surface area contributed by atoms with Crippen LogP contribution < -0.4 is 0 Å². The molecule has 86 valence electrons.